The van der Waals surface area contributed by atoms with Crippen LogP contribution in [0.15, 0.2) is 24.3 Å². The van der Waals surface area contributed by atoms with E-state index in [4.69, 9.17) is 4.74 Å². The van der Waals surface area contributed by atoms with Gasteiger partial charge in [0.05, 0.1) is 12.5 Å². The summed E-state index contributed by atoms with van der Waals surface area (Å²) < 4.78 is 5.13. The molecule has 0 aliphatic heterocycles. The molecule has 0 spiro atoms. The van der Waals surface area contributed by atoms with Crippen molar-refractivity contribution in [1.82, 2.24) is 0 Å². The first-order valence-electron chi connectivity index (χ1n) is 6.26. The number of hydrogen-bond donors (Lipinski definition) is 0. The van der Waals surface area contributed by atoms with Gasteiger partial charge in [0.2, 0.25) is 0 Å². The van der Waals surface area contributed by atoms with Gasteiger partial charge in [-0.1, -0.05) is 12.1 Å². The molecule has 1 saturated carbocycles. The summed E-state index contributed by atoms with van der Waals surface area (Å²) in [7, 11) is 1.62. The Morgan fingerprint density at radius 2 is 1.72 bits per heavy atom. The number of ketones is 2. The number of carbonyl (C=O) groups excluding carboxylic acids is 2. The highest BCUT2D eigenvalue weighted by atomic mass is 16.5. The zero-order valence-electron chi connectivity index (χ0n) is 10.9. The second kappa shape index (κ2) is 4.92. The van der Waals surface area contributed by atoms with Crippen molar-refractivity contribution >= 4 is 11.6 Å². The second-order valence-corrected chi connectivity index (χ2v) is 4.91. The van der Waals surface area contributed by atoms with Crippen molar-refractivity contribution in [3.05, 3.63) is 29.8 Å². The van der Waals surface area contributed by atoms with Gasteiger partial charge in [0, 0.05) is 12.8 Å². The Hall–Kier alpha value is -1.64. The molecule has 0 atom stereocenters. The Kier molecular flexibility index (Phi) is 3.50. The standard InChI is InChI=1S/C15H18O3/c1-11(16)15(9-7-13(17)8-10-15)12-3-5-14(18-2)6-4-12/h3-6H,7-10H2,1-2H3. The summed E-state index contributed by atoms with van der Waals surface area (Å²) >= 11 is 0. The number of ether oxygens (including phenoxy) is 1. The summed E-state index contributed by atoms with van der Waals surface area (Å²) in [6.07, 6.45) is 2.28. The van der Waals surface area contributed by atoms with Crippen molar-refractivity contribution in [2.45, 2.75) is 38.0 Å². The van der Waals surface area contributed by atoms with Gasteiger partial charge in [0.25, 0.3) is 0 Å². The number of hydrogen-bond acceptors (Lipinski definition) is 3. The molecule has 0 amide bonds. The quantitative estimate of drug-likeness (QED) is 0.823. The zero-order chi connectivity index (χ0) is 13.2. The number of Topliss-reactive ketones (excluding diaryl/α,β-unsaturated/α-hetero) is 2. The molecule has 3 heteroatoms. The van der Waals surface area contributed by atoms with Gasteiger partial charge in [-0.25, -0.2) is 0 Å². The van der Waals surface area contributed by atoms with Gasteiger partial charge >= 0.3 is 0 Å². The van der Waals surface area contributed by atoms with Crippen LogP contribution in [-0.4, -0.2) is 18.7 Å². The lowest BCUT2D eigenvalue weighted by Gasteiger charge is -2.35. The number of methoxy groups -OCH3 is 1. The highest BCUT2D eigenvalue weighted by molar-refractivity contribution is 5.91. The molecule has 96 valence electrons. The van der Waals surface area contributed by atoms with E-state index in [-0.39, 0.29) is 11.6 Å². The van der Waals surface area contributed by atoms with Crippen LogP contribution in [0.2, 0.25) is 0 Å². The van der Waals surface area contributed by atoms with Crippen molar-refractivity contribution < 1.29 is 14.3 Å². The van der Waals surface area contributed by atoms with Crippen LogP contribution in [0.3, 0.4) is 0 Å². The maximum atomic E-state index is 12.0. The molecular formula is C15H18O3. The number of rotatable bonds is 3. The van der Waals surface area contributed by atoms with E-state index in [1.54, 1.807) is 14.0 Å². The van der Waals surface area contributed by atoms with Crippen molar-refractivity contribution in [1.29, 1.82) is 0 Å². The van der Waals surface area contributed by atoms with Crippen molar-refractivity contribution in [2.24, 2.45) is 0 Å². The molecule has 1 aliphatic carbocycles. The third kappa shape index (κ3) is 2.17. The van der Waals surface area contributed by atoms with Crippen LogP contribution in [0.5, 0.6) is 5.75 Å². The highest BCUT2D eigenvalue weighted by Gasteiger charge is 2.40. The van der Waals surface area contributed by atoms with E-state index in [2.05, 4.69) is 0 Å². The molecule has 0 radical (unpaired) electrons. The maximum absolute atomic E-state index is 12.0. The van der Waals surface area contributed by atoms with Gasteiger partial charge in [-0.15, -0.1) is 0 Å². The maximum Gasteiger partial charge on any atom is 0.140 e. The fourth-order valence-electron chi connectivity index (χ4n) is 2.71. The van der Waals surface area contributed by atoms with E-state index < -0.39 is 5.41 Å². The average Bonchev–Trinajstić information content (AvgIpc) is 2.40. The zero-order valence-corrected chi connectivity index (χ0v) is 10.9. The molecule has 0 saturated heterocycles. The van der Waals surface area contributed by atoms with Gasteiger partial charge < -0.3 is 4.74 Å². The predicted molar refractivity (Wildman–Crippen MR) is 68.8 cm³/mol. The van der Waals surface area contributed by atoms with Gasteiger partial charge in [0.1, 0.15) is 17.3 Å². The largest absolute Gasteiger partial charge is 0.497 e. The summed E-state index contributed by atoms with van der Waals surface area (Å²) in [5, 5.41) is 0. The summed E-state index contributed by atoms with van der Waals surface area (Å²) in [6, 6.07) is 7.62. The van der Waals surface area contributed by atoms with Gasteiger partial charge in [0.15, 0.2) is 0 Å². The third-order valence-corrected chi connectivity index (χ3v) is 3.98. The Labute approximate surface area is 107 Å². The lowest BCUT2D eigenvalue weighted by Crippen LogP contribution is -2.38. The van der Waals surface area contributed by atoms with Crippen LogP contribution >= 0.6 is 0 Å². The van der Waals surface area contributed by atoms with Crippen LogP contribution in [0, 0.1) is 0 Å². The molecule has 0 heterocycles. The monoisotopic (exact) mass is 246 g/mol. The van der Waals surface area contributed by atoms with E-state index in [1.807, 2.05) is 24.3 Å². The smallest absolute Gasteiger partial charge is 0.140 e. The minimum atomic E-state index is -0.472. The lowest BCUT2D eigenvalue weighted by atomic mass is 9.67. The van der Waals surface area contributed by atoms with Gasteiger partial charge in [-0.05, 0) is 37.5 Å². The SMILES string of the molecule is COc1ccc(C2(C(C)=O)CCC(=O)CC2)cc1. The molecule has 0 aromatic heterocycles. The van der Waals surface area contributed by atoms with Crippen LogP contribution in [0.4, 0.5) is 0 Å². The van der Waals surface area contributed by atoms with E-state index in [0.717, 1.165) is 11.3 Å². The van der Waals surface area contributed by atoms with Crippen LogP contribution in [0.1, 0.15) is 38.2 Å². The first-order chi connectivity index (χ1) is 8.58. The second-order valence-electron chi connectivity index (χ2n) is 4.91. The van der Waals surface area contributed by atoms with Gasteiger partial charge in [-0.2, -0.15) is 0 Å². The average molecular weight is 246 g/mol. The fourth-order valence-corrected chi connectivity index (χ4v) is 2.71. The van der Waals surface area contributed by atoms with Crippen molar-refractivity contribution in [3.8, 4) is 5.75 Å². The predicted octanol–water partition coefficient (Wildman–Crippen LogP) is 2.67. The first-order valence-corrected chi connectivity index (χ1v) is 6.26. The molecule has 1 aromatic carbocycles. The fraction of sp³-hybridized carbons (Fsp3) is 0.467. The van der Waals surface area contributed by atoms with Crippen LogP contribution in [-0.2, 0) is 15.0 Å². The molecular weight excluding hydrogens is 228 g/mol. The van der Waals surface area contributed by atoms with Crippen molar-refractivity contribution in [2.75, 3.05) is 7.11 Å². The third-order valence-electron chi connectivity index (χ3n) is 3.98. The first kappa shape index (κ1) is 12.8. The molecule has 1 aliphatic rings. The molecule has 0 bridgehead atoms. The molecule has 0 N–H and O–H groups in total. The van der Waals surface area contributed by atoms with E-state index in [9.17, 15) is 9.59 Å². The molecule has 1 aromatic rings. The summed E-state index contributed by atoms with van der Waals surface area (Å²) in [4.78, 5) is 23.4. The van der Waals surface area contributed by atoms with Gasteiger partial charge in [-0.3, -0.25) is 9.59 Å². The minimum Gasteiger partial charge on any atom is -0.497 e. The number of carbonyl (C=O) groups is 2. The van der Waals surface area contributed by atoms with Crippen LogP contribution in [0.25, 0.3) is 0 Å². The molecule has 18 heavy (non-hydrogen) atoms. The number of benzene rings is 1. The van der Waals surface area contributed by atoms with Crippen molar-refractivity contribution in [3.63, 3.8) is 0 Å². The summed E-state index contributed by atoms with van der Waals surface area (Å²) in [5.74, 6) is 1.20. The van der Waals surface area contributed by atoms with E-state index >= 15 is 0 Å². The Balaban J connectivity index is 2.34. The van der Waals surface area contributed by atoms with Crippen LogP contribution < -0.4 is 4.74 Å². The Bertz CT molecular complexity index is 449. The lowest BCUT2D eigenvalue weighted by molar-refractivity contribution is -0.127. The van der Waals surface area contributed by atoms with E-state index in [0.29, 0.717) is 25.7 Å². The van der Waals surface area contributed by atoms with E-state index in [1.165, 1.54) is 0 Å². The topological polar surface area (TPSA) is 43.4 Å². The molecule has 0 unspecified atom stereocenters. The summed E-state index contributed by atoms with van der Waals surface area (Å²) in [5.41, 5.74) is 0.531. The highest BCUT2D eigenvalue weighted by Crippen LogP contribution is 2.39. The minimum absolute atomic E-state index is 0.153. The molecule has 2 rings (SSSR count). The molecule has 1 fully saturated rings. The Morgan fingerprint density at radius 1 is 1.17 bits per heavy atom. The summed E-state index contributed by atoms with van der Waals surface area (Å²) in [6.45, 7) is 1.63. The molecule has 3 nitrogen and oxygen atoms in total. The normalized spacial score (nSPS) is 18.4. The Morgan fingerprint density at radius 3 is 2.17 bits per heavy atom.